The van der Waals surface area contributed by atoms with Gasteiger partial charge < -0.3 is 29.4 Å². The SMILES string of the molecule is COc1ccc(OC)c(N2C(=S)NC(c3ccccn3)C2c2cc(C)n(-c3ccc(O)cc3)c2C)c1. The van der Waals surface area contributed by atoms with Crippen molar-refractivity contribution < 1.29 is 14.6 Å². The highest BCUT2D eigenvalue weighted by molar-refractivity contribution is 7.80. The smallest absolute Gasteiger partial charge is 0.174 e. The maximum absolute atomic E-state index is 9.80. The number of nitrogens with zero attached hydrogens (tertiary/aromatic N) is 3. The summed E-state index contributed by atoms with van der Waals surface area (Å²) in [4.78, 5) is 6.76. The van der Waals surface area contributed by atoms with Crippen molar-refractivity contribution in [3.05, 3.63) is 95.6 Å². The Hall–Kier alpha value is -4.04. The molecule has 2 unspecified atom stereocenters. The second-order valence-corrected chi connectivity index (χ2v) is 9.10. The minimum absolute atomic E-state index is 0.191. The van der Waals surface area contributed by atoms with Gasteiger partial charge in [-0.15, -0.1) is 0 Å². The lowest BCUT2D eigenvalue weighted by Crippen LogP contribution is -2.30. The maximum atomic E-state index is 9.80. The van der Waals surface area contributed by atoms with E-state index in [1.807, 2.05) is 48.5 Å². The van der Waals surface area contributed by atoms with E-state index in [0.29, 0.717) is 16.6 Å². The number of pyridine rings is 1. The Labute approximate surface area is 215 Å². The summed E-state index contributed by atoms with van der Waals surface area (Å²) in [6.07, 6.45) is 1.80. The van der Waals surface area contributed by atoms with Crippen molar-refractivity contribution >= 4 is 23.0 Å². The van der Waals surface area contributed by atoms with E-state index in [9.17, 15) is 5.11 Å². The predicted octanol–water partition coefficient (Wildman–Crippen LogP) is 5.39. The second-order valence-electron chi connectivity index (χ2n) is 8.71. The molecule has 2 atom stereocenters. The van der Waals surface area contributed by atoms with Crippen LogP contribution in [0.5, 0.6) is 17.2 Å². The van der Waals surface area contributed by atoms with Gasteiger partial charge in [0.2, 0.25) is 0 Å². The van der Waals surface area contributed by atoms with Gasteiger partial charge in [0.25, 0.3) is 0 Å². The molecule has 1 aliphatic rings. The van der Waals surface area contributed by atoms with Crippen LogP contribution in [0.25, 0.3) is 5.69 Å². The van der Waals surface area contributed by atoms with E-state index in [1.54, 1.807) is 32.5 Å². The number of phenols is 1. The topological polar surface area (TPSA) is 71.8 Å². The summed E-state index contributed by atoms with van der Waals surface area (Å²) in [5.41, 5.74) is 5.93. The van der Waals surface area contributed by atoms with Crippen molar-refractivity contribution in [1.29, 1.82) is 0 Å². The Morgan fingerprint density at radius 3 is 2.42 bits per heavy atom. The van der Waals surface area contributed by atoms with Crippen molar-refractivity contribution in [1.82, 2.24) is 14.9 Å². The van der Waals surface area contributed by atoms with Gasteiger partial charge in [-0.05, 0) is 86.2 Å². The van der Waals surface area contributed by atoms with Gasteiger partial charge in [0.1, 0.15) is 17.2 Å². The van der Waals surface area contributed by atoms with Crippen LogP contribution in [-0.2, 0) is 0 Å². The molecule has 0 spiro atoms. The van der Waals surface area contributed by atoms with E-state index >= 15 is 0 Å². The van der Waals surface area contributed by atoms with Crippen molar-refractivity contribution in [3.8, 4) is 22.9 Å². The number of aromatic nitrogens is 2. The van der Waals surface area contributed by atoms with Gasteiger partial charge in [-0.3, -0.25) is 4.98 Å². The number of hydrogen-bond acceptors (Lipinski definition) is 5. The zero-order valence-electron chi connectivity index (χ0n) is 20.6. The molecule has 3 heterocycles. The van der Waals surface area contributed by atoms with Crippen LogP contribution < -0.4 is 19.7 Å². The summed E-state index contributed by atoms with van der Waals surface area (Å²) in [5.74, 6) is 1.64. The molecule has 2 aromatic heterocycles. The van der Waals surface area contributed by atoms with Gasteiger partial charge in [0, 0.05) is 29.3 Å². The predicted molar refractivity (Wildman–Crippen MR) is 144 cm³/mol. The van der Waals surface area contributed by atoms with Gasteiger partial charge in [-0.2, -0.15) is 0 Å². The Morgan fingerprint density at radius 1 is 0.972 bits per heavy atom. The lowest BCUT2D eigenvalue weighted by molar-refractivity contribution is 0.403. The molecule has 0 amide bonds. The van der Waals surface area contributed by atoms with Gasteiger partial charge in [0.05, 0.1) is 37.7 Å². The van der Waals surface area contributed by atoms with E-state index in [4.69, 9.17) is 21.7 Å². The molecule has 7 nitrogen and oxygen atoms in total. The van der Waals surface area contributed by atoms with Crippen LogP contribution in [0.15, 0.2) is 72.9 Å². The first kappa shape index (κ1) is 23.7. The van der Waals surface area contributed by atoms with Gasteiger partial charge >= 0.3 is 0 Å². The number of nitrogens with one attached hydrogen (secondary N) is 1. The van der Waals surface area contributed by atoms with Crippen LogP contribution in [-0.4, -0.2) is 34.0 Å². The fourth-order valence-corrected chi connectivity index (χ4v) is 5.34. The fraction of sp³-hybridized carbons (Fsp3) is 0.214. The van der Waals surface area contributed by atoms with Gasteiger partial charge in [-0.1, -0.05) is 6.07 Å². The molecule has 0 bridgehead atoms. The number of hydrogen-bond donors (Lipinski definition) is 2. The Morgan fingerprint density at radius 2 is 1.75 bits per heavy atom. The van der Waals surface area contributed by atoms with Crippen LogP contribution in [0.4, 0.5) is 5.69 Å². The number of aryl methyl sites for hydroxylation is 1. The minimum atomic E-state index is -0.203. The Kier molecular flexibility index (Phi) is 6.28. The zero-order valence-corrected chi connectivity index (χ0v) is 21.4. The van der Waals surface area contributed by atoms with E-state index in [2.05, 4.69) is 39.7 Å². The molecule has 0 radical (unpaired) electrons. The molecule has 0 aliphatic carbocycles. The molecule has 36 heavy (non-hydrogen) atoms. The number of phenolic OH excluding ortho intramolecular Hbond substituents is 1. The molecule has 1 fully saturated rings. The number of thiocarbonyl (C=S) groups is 1. The summed E-state index contributed by atoms with van der Waals surface area (Å²) in [5, 5.41) is 13.9. The molecule has 5 rings (SSSR count). The van der Waals surface area contributed by atoms with E-state index < -0.39 is 0 Å². The van der Waals surface area contributed by atoms with Gasteiger partial charge in [-0.25, -0.2) is 0 Å². The highest BCUT2D eigenvalue weighted by atomic mass is 32.1. The van der Waals surface area contributed by atoms with Gasteiger partial charge in [0.15, 0.2) is 5.11 Å². The number of anilines is 1. The standard InChI is InChI=1S/C28H28N4O3S/c1-17-15-22(18(2)31(17)19-8-10-20(33)11-9-19)27-26(23-7-5-6-14-29-23)30-28(36)32(27)24-16-21(34-3)12-13-25(24)35-4/h5-16,26-27,33H,1-4H3,(H,30,36). The second kappa shape index (κ2) is 9.54. The first-order chi connectivity index (χ1) is 17.4. The highest BCUT2D eigenvalue weighted by Gasteiger charge is 2.43. The molecular formula is C28H28N4O3S. The van der Waals surface area contributed by atoms with E-state index in [0.717, 1.165) is 34.0 Å². The average molecular weight is 501 g/mol. The Balaban J connectivity index is 1.71. The van der Waals surface area contributed by atoms with Crippen molar-refractivity contribution in [2.45, 2.75) is 25.9 Å². The molecule has 1 aliphatic heterocycles. The summed E-state index contributed by atoms with van der Waals surface area (Å²) in [7, 11) is 3.30. The van der Waals surface area contributed by atoms with Crippen LogP contribution in [0.2, 0.25) is 0 Å². The molecule has 2 aromatic carbocycles. The number of ether oxygens (including phenoxy) is 2. The zero-order chi connectivity index (χ0) is 25.4. The van der Waals surface area contributed by atoms with Crippen LogP contribution >= 0.6 is 12.2 Å². The third-order valence-electron chi connectivity index (χ3n) is 6.64. The normalized spacial score (nSPS) is 17.2. The lowest BCUT2D eigenvalue weighted by Gasteiger charge is -2.29. The number of rotatable bonds is 6. The molecule has 0 saturated carbocycles. The number of benzene rings is 2. The minimum Gasteiger partial charge on any atom is -0.508 e. The van der Waals surface area contributed by atoms with Crippen LogP contribution in [0.3, 0.4) is 0 Å². The summed E-state index contributed by atoms with van der Waals surface area (Å²) in [6, 6.07) is 20.6. The summed E-state index contributed by atoms with van der Waals surface area (Å²) < 4.78 is 13.5. The molecule has 184 valence electrons. The van der Waals surface area contributed by atoms with Crippen molar-refractivity contribution in [2.75, 3.05) is 19.1 Å². The monoisotopic (exact) mass is 500 g/mol. The largest absolute Gasteiger partial charge is 0.508 e. The van der Waals surface area contributed by atoms with Crippen LogP contribution in [0.1, 0.15) is 34.7 Å². The van der Waals surface area contributed by atoms with E-state index in [1.165, 1.54) is 0 Å². The number of aromatic hydroxyl groups is 1. The maximum Gasteiger partial charge on any atom is 0.174 e. The first-order valence-corrected chi connectivity index (χ1v) is 12.0. The molecule has 1 saturated heterocycles. The first-order valence-electron chi connectivity index (χ1n) is 11.6. The summed E-state index contributed by atoms with van der Waals surface area (Å²) in [6.45, 7) is 4.18. The van der Waals surface area contributed by atoms with Crippen molar-refractivity contribution in [3.63, 3.8) is 0 Å². The lowest BCUT2D eigenvalue weighted by atomic mass is 9.96. The molecular weight excluding hydrogens is 472 g/mol. The highest BCUT2D eigenvalue weighted by Crippen LogP contribution is 2.47. The molecule has 8 heteroatoms. The summed E-state index contributed by atoms with van der Waals surface area (Å²) >= 11 is 5.91. The quantitative estimate of drug-likeness (QED) is 0.344. The molecule has 4 aromatic rings. The average Bonchev–Trinajstić information content (AvgIpc) is 3.39. The Bertz CT molecular complexity index is 1400. The van der Waals surface area contributed by atoms with Crippen molar-refractivity contribution in [2.24, 2.45) is 0 Å². The third-order valence-corrected chi connectivity index (χ3v) is 6.96. The fourth-order valence-electron chi connectivity index (χ4n) is 5.00. The van der Waals surface area contributed by atoms with E-state index in [-0.39, 0.29) is 17.8 Å². The number of methoxy groups -OCH3 is 2. The van der Waals surface area contributed by atoms with Crippen LogP contribution in [0, 0.1) is 13.8 Å². The third kappa shape index (κ3) is 4.03. The molecule has 2 N–H and O–H groups in total.